The minimum atomic E-state index is 0.474. The maximum Gasteiger partial charge on any atom is 0.0423 e. The summed E-state index contributed by atoms with van der Waals surface area (Å²) < 4.78 is 0. The number of hydrogen-bond donors (Lipinski definition) is 0. The van der Waals surface area contributed by atoms with E-state index in [2.05, 4.69) is 84.4 Å². The maximum absolute atomic E-state index is 3.94. The van der Waals surface area contributed by atoms with Crippen LogP contribution in [-0.4, -0.2) is 0 Å². The van der Waals surface area contributed by atoms with Crippen molar-refractivity contribution >= 4 is 15.9 Å². The molecule has 2 aromatic carbocycles. The fourth-order valence-corrected chi connectivity index (χ4v) is 3.77. The summed E-state index contributed by atoms with van der Waals surface area (Å²) in [5.74, 6) is 0.738. The van der Waals surface area contributed by atoms with E-state index in [9.17, 15) is 0 Å². The first-order chi connectivity index (χ1) is 10.3. The van der Waals surface area contributed by atoms with Crippen molar-refractivity contribution in [2.24, 2.45) is 5.92 Å². The molecule has 21 heavy (non-hydrogen) atoms. The Morgan fingerprint density at radius 3 is 1.81 bits per heavy atom. The summed E-state index contributed by atoms with van der Waals surface area (Å²) in [5, 5.41) is 0. The van der Waals surface area contributed by atoms with E-state index < -0.39 is 0 Å². The van der Waals surface area contributed by atoms with Gasteiger partial charge in [0.25, 0.3) is 0 Å². The molecule has 1 heteroatoms. The highest BCUT2D eigenvalue weighted by molar-refractivity contribution is 9.09. The molecular weight excluding hydrogens is 320 g/mol. The Bertz CT molecular complexity index is 509. The van der Waals surface area contributed by atoms with E-state index in [1.807, 2.05) is 0 Å². The molecule has 0 aliphatic rings. The number of halogens is 1. The van der Waals surface area contributed by atoms with Gasteiger partial charge in [-0.25, -0.2) is 0 Å². The Hall–Kier alpha value is -1.08. The third-order valence-corrected chi connectivity index (χ3v) is 5.35. The smallest absolute Gasteiger partial charge is 0.0423 e. The van der Waals surface area contributed by atoms with Gasteiger partial charge in [-0.1, -0.05) is 97.2 Å². The van der Waals surface area contributed by atoms with Crippen LogP contribution in [0.25, 0.3) is 11.1 Å². The molecule has 0 aliphatic carbocycles. The average Bonchev–Trinajstić information content (AvgIpc) is 2.55. The topological polar surface area (TPSA) is 0 Å². The van der Waals surface area contributed by atoms with Gasteiger partial charge in [0.2, 0.25) is 0 Å². The van der Waals surface area contributed by atoms with Crippen LogP contribution in [0.4, 0.5) is 0 Å². The van der Waals surface area contributed by atoms with Crippen LogP contribution in [0.5, 0.6) is 0 Å². The monoisotopic (exact) mass is 344 g/mol. The number of hydrogen-bond acceptors (Lipinski definition) is 0. The Morgan fingerprint density at radius 2 is 1.29 bits per heavy atom. The molecular formula is C20H25Br. The lowest BCUT2D eigenvalue weighted by molar-refractivity contribution is 0.435. The molecule has 0 aromatic heterocycles. The Balaban J connectivity index is 2.14. The summed E-state index contributed by atoms with van der Waals surface area (Å²) in [6.07, 6.45) is 5.11. The lowest BCUT2D eigenvalue weighted by atomic mass is 9.90. The van der Waals surface area contributed by atoms with Gasteiger partial charge in [-0.3, -0.25) is 0 Å². The SMILES string of the molecule is CCCC(CCC)C(Br)c1ccc(-c2ccccc2)cc1. The van der Waals surface area contributed by atoms with E-state index >= 15 is 0 Å². The number of alkyl halides is 1. The summed E-state index contributed by atoms with van der Waals surface area (Å²) in [5.41, 5.74) is 3.98. The zero-order valence-electron chi connectivity index (χ0n) is 13.1. The minimum absolute atomic E-state index is 0.474. The number of benzene rings is 2. The van der Waals surface area contributed by atoms with Gasteiger partial charge >= 0.3 is 0 Å². The summed E-state index contributed by atoms with van der Waals surface area (Å²) in [6, 6.07) is 19.6. The highest BCUT2D eigenvalue weighted by Gasteiger charge is 2.19. The highest BCUT2D eigenvalue weighted by atomic mass is 79.9. The van der Waals surface area contributed by atoms with Crippen molar-refractivity contribution in [3.63, 3.8) is 0 Å². The summed E-state index contributed by atoms with van der Waals surface area (Å²) in [7, 11) is 0. The standard InChI is InChI=1S/C20H25Br/c1-3-8-18(9-4-2)20(21)19-14-12-17(13-15-19)16-10-6-5-7-11-16/h5-7,10-15,18,20H,3-4,8-9H2,1-2H3. The summed E-state index contributed by atoms with van der Waals surface area (Å²) in [4.78, 5) is 0.474. The van der Waals surface area contributed by atoms with Crippen LogP contribution in [0.1, 0.15) is 49.9 Å². The molecule has 1 atom stereocenters. The predicted molar refractivity (Wildman–Crippen MR) is 96.9 cm³/mol. The Morgan fingerprint density at radius 1 is 0.762 bits per heavy atom. The van der Waals surface area contributed by atoms with Crippen LogP contribution in [0.15, 0.2) is 54.6 Å². The molecule has 2 rings (SSSR count). The van der Waals surface area contributed by atoms with Gasteiger partial charge in [-0.05, 0) is 35.4 Å². The molecule has 1 unspecified atom stereocenters. The van der Waals surface area contributed by atoms with Crippen LogP contribution in [0, 0.1) is 5.92 Å². The first-order valence-electron chi connectivity index (χ1n) is 8.05. The molecule has 0 aliphatic heterocycles. The lowest BCUT2D eigenvalue weighted by Crippen LogP contribution is -2.07. The molecule has 2 aromatic rings. The zero-order chi connectivity index (χ0) is 15.1. The van der Waals surface area contributed by atoms with Gasteiger partial charge in [0.1, 0.15) is 0 Å². The normalized spacial score (nSPS) is 12.6. The molecule has 0 saturated carbocycles. The van der Waals surface area contributed by atoms with E-state index in [-0.39, 0.29) is 0 Å². The minimum Gasteiger partial charge on any atom is -0.0836 e. The van der Waals surface area contributed by atoms with Crippen LogP contribution in [0.3, 0.4) is 0 Å². The second kappa shape index (κ2) is 8.38. The molecule has 0 N–H and O–H groups in total. The van der Waals surface area contributed by atoms with Crippen molar-refractivity contribution in [2.45, 2.75) is 44.4 Å². The average molecular weight is 345 g/mol. The van der Waals surface area contributed by atoms with Gasteiger partial charge < -0.3 is 0 Å². The van der Waals surface area contributed by atoms with Gasteiger partial charge in [-0.15, -0.1) is 0 Å². The molecule has 0 nitrogen and oxygen atoms in total. The summed E-state index contributed by atoms with van der Waals surface area (Å²) >= 11 is 3.94. The molecule has 0 bridgehead atoms. The molecule has 0 heterocycles. The quantitative estimate of drug-likeness (QED) is 0.474. The zero-order valence-corrected chi connectivity index (χ0v) is 14.6. The van der Waals surface area contributed by atoms with Crippen molar-refractivity contribution < 1.29 is 0 Å². The van der Waals surface area contributed by atoms with Gasteiger partial charge in [0.05, 0.1) is 0 Å². The largest absolute Gasteiger partial charge is 0.0836 e. The van der Waals surface area contributed by atoms with E-state index in [1.54, 1.807) is 0 Å². The van der Waals surface area contributed by atoms with E-state index in [4.69, 9.17) is 0 Å². The Labute approximate surface area is 137 Å². The molecule has 0 amide bonds. The fraction of sp³-hybridized carbons (Fsp3) is 0.400. The van der Waals surface area contributed by atoms with E-state index in [0.717, 1.165) is 5.92 Å². The highest BCUT2D eigenvalue weighted by Crippen LogP contribution is 2.37. The molecule has 0 radical (unpaired) electrons. The van der Waals surface area contributed by atoms with Gasteiger partial charge in [0.15, 0.2) is 0 Å². The van der Waals surface area contributed by atoms with Gasteiger partial charge in [-0.2, -0.15) is 0 Å². The van der Waals surface area contributed by atoms with Crippen LogP contribution < -0.4 is 0 Å². The Kier molecular flexibility index (Phi) is 6.50. The third-order valence-electron chi connectivity index (χ3n) is 4.07. The third kappa shape index (κ3) is 4.44. The van der Waals surface area contributed by atoms with Crippen molar-refractivity contribution in [1.82, 2.24) is 0 Å². The van der Waals surface area contributed by atoms with Crippen molar-refractivity contribution in [2.75, 3.05) is 0 Å². The lowest BCUT2D eigenvalue weighted by Gasteiger charge is -2.22. The van der Waals surface area contributed by atoms with Crippen LogP contribution >= 0.6 is 15.9 Å². The number of rotatable bonds is 7. The summed E-state index contributed by atoms with van der Waals surface area (Å²) in [6.45, 7) is 4.56. The van der Waals surface area contributed by atoms with Crippen molar-refractivity contribution in [3.05, 3.63) is 60.2 Å². The molecule has 112 valence electrons. The first-order valence-corrected chi connectivity index (χ1v) is 8.97. The van der Waals surface area contributed by atoms with E-state index in [0.29, 0.717) is 4.83 Å². The predicted octanol–water partition coefficient (Wildman–Crippen LogP) is 7.01. The molecule has 0 spiro atoms. The van der Waals surface area contributed by atoms with Crippen molar-refractivity contribution in [1.29, 1.82) is 0 Å². The second-order valence-corrected chi connectivity index (χ2v) is 6.71. The van der Waals surface area contributed by atoms with Crippen molar-refractivity contribution in [3.8, 4) is 11.1 Å². The van der Waals surface area contributed by atoms with Crippen LogP contribution in [-0.2, 0) is 0 Å². The van der Waals surface area contributed by atoms with E-state index in [1.165, 1.54) is 42.4 Å². The van der Waals surface area contributed by atoms with Gasteiger partial charge in [0, 0.05) is 4.83 Å². The molecule has 0 saturated heterocycles. The second-order valence-electron chi connectivity index (χ2n) is 5.73. The first kappa shape index (κ1) is 16.3. The van der Waals surface area contributed by atoms with Crippen LogP contribution in [0.2, 0.25) is 0 Å². The fourth-order valence-electron chi connectivity index (χ4n) is 2.94. The molecule has 0 fully saturated rings. The maximum atomic E-state index is 3.94.